The number of hydrogen-bond donors (Lipinski definition) is 0. The number of ketones is 1. The van der Waals surface area contributed by atoms with E-state index in [4.69, 9.17) is 9.47 Å². The molecule has 3 rings (SSSR count). The zero-order valence-electron chi connectivity index (χ0n) is 15.7. The maximum atomic E-state index is 12.6. The Morgan fingerprint density at radius 2 is 1.71 bits per heavy atom. The van der Waals surface area contributed by atoms with Gasteiger partial charge in [-0.15, -0.1) is 0 Å². The highest BCUT2D eigenvalue weighted by Crippen LogP contribution is 2.19. The average molecular weight is 380 g/mol. The summed E-state index contributed by atoms with van der Waals surface area (Å²) in [5.74, 6) is -0.745. The van der Waals surface area contributed by atoms with Crippen LogP contribution in [0.4, 0.5) is 0 Å². The molecule has 1 heterocycles. The molecule has 2 aromatic carbocycles. The van der Waals surface area contributed by atoms with E-state index in [-0.39, 0.29) is 11.3 Å². The van der Waals surface area contributed by atoms with Crippen LogP contribution in [-0.2, 0) is 11.3 Å². The van der Waals surface area contributed by atoms with Gasteiger partial charge in [0, 0.05) is 11.9 Å². The van der Waals surface area contributed by atoms with E-state index in [9.17, 15) is 14.4 Å². The standard InChI is InChI=1S/C21H20N2O5/c1-3-12-23-20(25)15-9-5-4-8-14(15)19(22-23)21(26)28-13-17(24)16-10-6-7-11-18(16)27-2/h4-11H,3,12-13H2,1-2H3. The molecule has 0 amide bonds. The van der Waals surface area contributed by atoms with E-state index >= 15 is 0 Å². The van der Waals surface area contributed by atoms with Crippen LogP contribution in [0, 0.1) is 0 Å². The first-order chi connectivity index (χ1) is 13.6. The van der Waals surface area contributed by atoms with Gasteiger partial charge in [-0.2, -0.15) is 5.10 Å². The zero-order chi connectivity index (χ0) is 20.1. The molecule has 0 bridgehead atoms. The number of ether oxygens (including phenoxy) is 2. The van der Waals surface area contributed by atoms with Crippen LogP contribution >= 0.6 is 0 Å². The number of nitrogens with zero attached hydrogens (tertiary/aromatic N) is 2. The molecule has 0 fully saturated rings. The number of carbonyl (C=O) groups is 2. The molecular formula is C21H20N2O5. The monoisotopic (exact) mass is 380 g/mol. The molecule has 0 atom stereocenters. The fourth-order valence-electron chi connectivity index (χ4n) is 2.90. The number of aryl methyl sites for hydroxylation is 1. The summed E-state index contributed by atoms with van der Waals surface area (Å²) in [6.45, 7) is 1.83. The van der Waals surface area contributed by atoms with Crippen molar-refractivity contribution < 1.29 is 19.1 Å². The van der Waals surface area contributed by atoms with Crippen LogP contribution in [0.1, 0.15) is 34.2 Å². The minimum Gasteiger partial charge on any atom is -0.496 e. The second kappa shape index (κ2) is 8.47. The number of fused-ring (bicyclic) bond motifs is 1. The fraction of sp³-hybridized carbons (Fsp3) is 0.238. The lowest BCUT2D eigenvalue weighted by Gasteiger charge is -2.11. The van der Waals surface area contributed by atoms with E-state index in [1.807, 2.05) is 6.92 Å². The Morgan fingerprint density at radius 3 is 2.43 bits per heavy atom. The van der Waals surface area contributed by atoms with Gasteiger partial charge in [-0.05, 0) is 24.6 Å². The van der Waals surface area contributed by atoms with Gasteiger partial charge in [0.15, 0.2) is 12.3 Å². The third kappa shape index (κ3) is 3.78. The lowest BCUT2D eigenvalue weighted by molar-refractivity contribution is 0.0467. The van der Waals surface area contributed by atoms with E-state index in [1.165, 1.54) is 11.8 Å². The van der Waals surface area contributed by atoms with Gasteiger partial charge in [-0.3, -0.25) is 9.59 Å². The van der Waals surface area contributed by atoms with Crippen LogP contribution in [0.15, 0.2) is 53.3 Å². The molecule has 144 valence electrons. The number of benzene rings is 2. The molecule has 0 radical (unpaired) electrons. The molecule has 0 aliphatic carbocycles. The number of hydrogen-bond acceptors (Lipinski definition) is 6. The summed E-state index contributed by atoms with van der Waals surface area (Å²) in [6.07, 6.45) is 0.687. The Hall–Kier alpha value is -3.48. The first-order valence-corrected chi connectivity index (χ1v) is 8.90. The fourth-order valence-corrected chi connectivity index (χ4v) is 2.90. The van der Waals surface area contributed by atoms with E-state index < -0.39 is 18.4 Å². The normalized spacial score (nSPS) is 10.6. The van der Waals surface area contributed by atoms with Crippen molar-refractivity contribution in [2.24, 2.45) is 0 Å². The first kappa shape index (κ1) is 19.3. The van der Waals surface area contributed by atoms with E-state index in [1.54, 1.807) is 48.5 Å². The average Bonchev–Trinajstić information content (AvgIpc) is 2.73. The smallest absolute Gasteiger partial charge is 0.359 e. The Morgan fingerprint density at radius 1 is 1.04 bits per heavy atom. The second-order valence-corrected chi connectivity index (χ2v) is 6.12. The minimum atomic E-state index is -0.760. The van der Waals surface area contributed by atoms with Crippen LogP contribution in [0.2, 0.25) is 0 Å². The minimum absolute atomic E-state index is 0.0106. The number of Topliss-reactive ketones (excluding diaryl/α,β-unsaturated/α-hetero) is 1. The summed E-state index contributed by atoms with van der Waals surface area (Å²) in [4.78, 5) is 37.5. The van der Waals surface area contributed by atoms with Crippen LogP contribution in [-0.4, -0.2) is 35.2 Å². The van der Waals surface area contributed by atoms with Crippen LogP contribution < -0.4 is 10.3 Å². The highest BCUT2D eigenvalue weighted by atomic mass is 16.5. The Balaban J connectivity index is 1.88. The highest BCUT2D eigenvalue weighted by Gasteiger charge is 2.20. The molecule has 1 aromatic heterocycles. The SMILES string of the molecule is CCCn1nc(C(=O)OCC(=O)c2ccccc2OC)c2ccccc2c1=O. The van der Waals surface area contributed by atoms with E-state index in [0.29, 0.717) is 35.1 Å². The van der Waals surface area contributed by atoms with Crippen LogP contribution in [0.25, 0.3) is 10.8 Å². The Bertz CT molecular complexity index is 1090. The van der Waals surface area contributed by atoms with E-state index in [0.717, 1.165) is 0 Å². The molecule has 7 heteroatoms. The highest BCUT2D eigenvalue weighted by molar-refractivity contribution is 6.04. The maximum Gasteiger partial charge on any atom is 0.359 e. The summed E-state index contributed by atoms with van der Waals surface area (Å²) in [5.41, 5.74) is 0.0714. The Labute approximate surface area is 161 Å². The first-order valence-electron chi connectivity index (χ1n) is 8.90. The van der Waals surface area contributed by atoms with Crippen molar-refractivity contribution in [1.82, 2.24) is 9.78 Å². The van der Waals surface area contributed by atoms with Gasteiger partial charge in [0.25, 0.3) is 5.56 Å². The van der Waals surface area contributed by atoms with Gasteiger partial charge in [0.1, 0.15) is 5.75 Å². The predicted octanol–water partition coefficient (Wildman–Crippen LogP) is 2.85. The molecule has 0 N–H and O–H groups in total. The summed E-state index contributed by atoms with van der Waals surface area (Å²) < 4.78 is 11.6. The molecule has 0 saturated heterocycles. The lowest BCUT2D eigenvalue weighted by atomic mass is 10.1. The molecule has 7 nitrogen and oxygen atoms in total. The number of para-hydroxylation sites is 1. The molecule has 0 unspecified atom stereocenters. The van der Waals surface area contributed by atoms with Crippen molar-refractivity contribution >= 4 is 22.5 Å². The molecule has 0 aliphatic rings. The molecular weight excluding hydrogens is 360 g/mol. The molecule has 28 heavy (non-hydrogen) atoms. The predicted molar refractivity (Wildman–Crippen MR) is 104 cm³/mol. The van der Waals surface area contributed by atoms with Crippen molar-refractivity contribution in [3.05, 3.63) is 70.1 Å². The van der Waals surface area contributed by atoms with Crippen molar-refractivity contribution in [2.75, 3.05) is 13.7 Å². The van der Waals surface area contributed by atoms with Crippen molar-refractivity contribution in [3.63, 3.8) is 0 Å². The van der Waals surface area contributed by atoms with Gasteiger partial charge < -0.3 is 9.47 Å². The topological polar surface area (TPSA) is 87.5 Å². The Kier molecular flexibility index (Phi) is 5.84. The summed E-state index contributed by atoms with van der Waals surface area (Å²) in [6, 6.07) is 13.4. The van der Waals surface area contributed by atoms with Gasteiger partial charge in [0.2, 0.25) is 5.78 Å². The van der Waals surface area contributed by atoms with Crippen LogP contribution in [0.5, 0.6) is 5.75 Å². The van der Waals surface area contributed by atoms with Crippen molar-refractivity contribution in [2.45, 2.75) is 19.9 Å². The van der Waals surface area contributed by atoms with Crippen molar-refractivity contribution in [1.29, 1.82) is 0 Å². The summed E-state index contributed by atoms with van der Waals surface area (Å²) >= 11 is 0. The third-order valence-electron chi connectivity index (χ3n) is 4.24. The quantitative estimate of drug-likeness (QED) is 0.463. The molecule has 0 aliphatic heterocycles. The van der Waals surface area contributed by atoms with Crippen molar-refractivity contribution in [3.8, 4) is 5.75 Å². The molecule has 0 saturated carbocycles. The van der Waals surface area contributed by atoms with E-state index in [2.05, 4.69) is 5.10 Å². The van der Waals surface area contributed by atoms with Gasteiger partial charge in [-0.25, -0.2) is 9.48 Å². The number of esters is 1. The molecule has 0 spiro atoms. The number of carbonyl (C=O) groups excluding carboxylic acids is 2. The maximum absolute atomic E-state index is 12.6. The van der Waals surface area contributed by atoms with Gasteiger partial charge >= 0.3 is 5.97 Å². The van der Waals surface area contributed by atoms with Crippen LogP contribution in [0.3, 0.4) is 0 Å². The number of rotatable bonds is 7. The largest absolute Gasteiger partial charge is 0.496 e. The zero-order valence-corrected chi connectivity index (χ0v) is 15.7. The third-order valence-corrected chi connectivity index (χ3v) is 4.24. The number of aromatic nitrogens is 2. The summed E-state index contributed by atoms with van der Waals surface area (Å²) in [5, 5.41) is 4.95. The molecule has 3 aromatic rings. The number of methoxy groups -OCH3 is 1. The lowest BCUT2D eigenvalue weighted by Crippen LogP contribution is -2.27. The summed E-state index contributed by atoms with van der Waals surface area (Å²) in [7, 11) is 1.46. The van der Waals surface area contributed by atoms with Gasteiger partial charge in [0.05, 0.1) is 18.1 Å². The second-order valence-electron chi connectivity index (χ2n) is 6.12. The van der Waals surface area contributed by atoms with Gasteiger partial charge in [-0.1, -0.05) is 37.3 Å².